The van der Waals surface area contributed by atoms with Crippen LogP contribution in [0.25, 0.3) is 21.8 Å². The number of carbonyl (C=O) groups is 1. The van der Waals surface area contributed by atoms with Crippen molar-refractivity contribution in [3.05, 3.63) is 83.9 Å². The van der Waals surface area contributed by atoms with Gasteiger partial charge in [0.05, 0.1) is 12.8 Å². The Hall–Kier alpha value is -3.51. The molecule has 2 heterocycles. The fourth-order valence-corrected chi connectivity index (χ4v) is 3.64. The molecule has 0 aliphatic carbocycles. The van der Waals surface area contributed by atoms with Crippen LogP contribution in [0.2, 0.25) is 0 Å². The van der Waals surface area contributed by atoms with Crippen LogP contribution in [-0.4, -0.2) is 23.0 Å². The molecule has 0 saturated heterocycles. The Bertz CT molecular complexity index is 1110. The summed E-state index contributed by atoms with van der Waals surface area (Å²) in [6, 6.07) is 21.1. The Morgan fingerprint density at radius 2 is 1.82 bits per heavy atom. The second-order valence-electron chi connectivity index (χ2n) is 6.00. The quantitative estimate of drug-likeness (QED) is 0.515. The highest BCUT2D eigenvalue weighted by Crippen LogP contribution is 2.30. The minimum absolute atomic E-state index is 0.273. The van der Waals surface area contributed by atoms with Crippen LogP contribution in [0.4, 0.5) is 5.69 Å². The van der Waals surface area contributed by atoms with Gasteiger partial charge >= 0.3 is 0 Å². The molecule has 1 N–H and O–H groups in total. The van der Waals surface area contributed by atoms with Crippen molar-refractivity contribution in [3.8, 4) is 27.7 Å². The molecule has 6 heteroatoms. The SMILES string of the molecule is COc1ncccc1C(=O)Nc1cccc(-c2csc(-c3ccccc3)n2)c1. The minimum atomic E-state index is -0.273. The van der Waals surface area contributed by atoms with Gasteiger partial charge in [0, 0.05) is 28.4 Å². The van der Waals surface area contributed by atoms with E-state index in [2.05, 4.69) is 10.3 Å². The lowest BCUT2D eigenvalue weighted by molar-refractivity contribution is 0.102. The maximum absolute atomic E-state index is 12.6. The zero-order valence-corrected chi connectivity index (χ0v) is 15.9. The van der Waals surface area contributed by atoms with E-state index in [1.165, 1.54) is 7.11 Å². The number of pyridine rings is 1. The van der Waals surface area contributed by atoms with Crippen molar-refractivity contribution >= 4 is 22.9 Å². The van der Waals surface area contributed by atoms with Gasteiger partial charge in [-0.25, -0.2) is 9.97 Å². The van der Waals surface area contributed by atoms with Crippen LogP contribution in [0.1, 0.15) is 10.4 Å². The lowest BCUT2D eigenvalue weighted by atomic mass is 10.1. The van der Waals surface area contributed by atoms with E-state index in [1.807, 2.05) is 60.0 Å². The number of rotatable bonds is 5. The highest BCUT2D eigenvalue weighted by molar-refractivity contribution is 7.13. The molecule has 4 aromatic rings. The van der Waals surface area contributed by atoms with Crippen LogP contribution < -0.4 is 10.1 Å². The van der Waals surface area contributed by atoms with Gasteiger partial charge in [0.15, 0.2) is 0 Å². The maximum atomic E-state index is 12.6. The Balaban J connectivity index is 1.57. The van der Waals surface area contributed by atoms with Gasteiger partial charge in [-0.05, 0) is 24.3 Å². The molecule has 0 aliphatic rings. The Labute approximate surface area is 166 Å². The Morgan fingerprint density at radius 3 is 2.64 bits per heavy atom. The zero-order chi connectivity index (χ0) is 19.3. The molecule has 0 bridgehead atoms. The first-order valence-electron chi connectivity index (χ1n) is 8.66. The summed E-state index contributed by atoms with van der Waals surface area (Å²) in [6.07, 6.45) is 1.59. The van der Waals surface area contributed by atoms with E-state index >= 15 is 0 Å². The highest BCUT2D eigenvalue weighted by Gasteiger charge is 2.14. The van der Waals surface area contributed by atoms with Crippen LogP contribution >= 0.6 is 11.3 Å². The van der Waals surface area contributed by atoms with Gasteiger partial charge in [-0.15, -0.1) is 11.3 Å². The van der Waals surface area contributed by atoms with E-state index in [1.54, 1.807) is 29.7 Å². The van der Waals surface area contributed by atoms with Gasteiger partial charge in [-0.1, -0.05) is 42.5 Å². The summed E-state index contributed by atoms with van der Waals surface area (Å²) in [7, 11) is 1.49. The second-order valence-corrected chi connectivity index (χ2v) is 6.86. The van der Waals surface area contributed by atoms with Crippen molar-refractivity contribution in [1.82, 2.24) is 9.97 Å². The molecule has 5 nitrogen and oxygen atoms in total. The fourth-order valence-electron chi connectivity index (χ4n) is 2.80. The molecule has 28 heavy (non-hydrogen) atoms. The number of aromatic nitrogens is 2. The average Bonchev–Trinajstić information content (AvgIpc) is 3.25. The van der Waals surface area contributed by atoms with Crippen molar-refractivity contribution in [2.75, 3.05) is 12.4 Å². The smallest absolute Gasteiger partial charge is 0.261 e. The van der Waals surface area contributed by atoms with E-state index < -0.39 is 0 Å². The molecule has 0 unspecified atom stereocenters. The molecule has 0 atom stereocenters. The van der Waals surface area contributed by atoms with E-state index in [-0.39, 0.29) is 5.91 Å². The normalized spacial score (nSPS) is 10.5. The summed E-state index contributed by atoms with van der Waals surface area (Å²) in [4.78, 5) is 21.4. The predicted octanol–water partition coefficient (Wildman–Crippen LogP) is 5.13. The number of nitrogens with zero attached hydrogens (tertiary/aromatic N) is 2. The van der Waals surface area contributed by atoms with E-state index in [9.17, 15) is 4.79 Å². The molecule has 138 valence electrons. The minimum Gasteiger partial charge on any atom is -0.480 e. The summed E-state index contributed by atoms with van der Waals surface area (Å²) in [5, 5.41) is 5.88. The third kappa shape index (κ3) is 3.77. The van der Waals surface area contributed by atoms with Gasteiger partial charge < -0.3 is 10.1 Å². The van der Waals surface area contributed by atoms with Crippen LogP contribution in [0.5, 0.6) is 5.88 Å². The average molecular weight is 387 g/mol. The standard InChI is InChI=1S/C22H17N3O2S/c1-27-21-18(11-6-12-23-21)20(26)24-17-10-5-9-16(13-17)19-14-28-22(25-19)15-7-3-2-4-8-15/h2-14H,1H3,(H,24,26). The monoisotopic (exact) mass is 387 g/mol. The molecule has 1 amide bonds. The van der Waals surface area contributed by atoms with Gasteiger partial charge in [0.2, 0.25) is 5.88 Å². The largest absolute Gasteiger partial charge is 0.480 e. The number of hydrogen-bond acceptors (Lipinski definition) is 5. The van der Waals surface area contributed by atoms with Gasteiger partial charge in [0.1, 0.15) is 10.6 Å². The Kier molecular flexibility index (Phi) is 5.12. The number of ether oxygens (including phenoxy) is 1. The molecular weight excluding hydrogens is 370 g/mol. The maximum Gasteiger partial charge on any atom is 0.261 e. The topological polar surface area (TPSA) is 64.1 Å². The van der Waals surface area contributed by atoms with Gasteiger partial charge in [-0.2, -0.15) is 0 Å². The number of methoxy groups -OCH3 is 1. The van der Waals surface area contributed by atoms with Crippen LogP contribution in [0.3, 0.4) is 0 Å². The number of carbonyl (C=O) groups excluding carboxylic acids is 1. The molecule has 2 aromatic heterocycles. The van der Waals surface area contributed by atoms with Crippen molar-refractivity contribution in [3.63, 3.8) is 0 Å². The second kappa shape index (κ2) is 8.02. The molecule has 2 aromatic carbocycles. The zero-order valence-electron chi connectivity index (χ0n) is 15.1. The summed E-state index contributed by atoms with van der Waals surface area (Å²) in [5.74, 6) is 0.0218. The number of hydrogen-bond donors (Lipinski definition) is 1. The molecule has 0 saturated carbocycles. The number of nitrogens with one attached hydrogen (secondary N) is 1. The number of amides is 1. The lowest BCUT2D eigenvalue weighted by Crippen LogP contribution is -2.13. The van der Waals surface area contributed by atoms with Crippen LogP contribution in [0.15, 0.2) is 78.3 Å². The van der Waals surface area contributed by atoms with Crippen LogP contribution in [0, 0.1) is 0 Å². The number of thiazole rings is 1. The van der Waals surface area contributed by atoms with Crippen molar-refractivity contribution in [2.45, 2.75) is 0 Å². The lowest BCUT2D eigenvalue weighted by Gasteiger charge is -2.09. The summed E-state index contributed by atoms with van der Waals surface area (Å²) in [6.45, 7) is 0. The van der Waals surface area contributed by atoms with Crippen molar-refractivity contribution in [2.24, 2.45) is 0 Å². The van der Waals surface area contributed by atoms with E-state index in [4.69, 9.17) is 9.72 Å². The fraction of sp³-hybridized carbons (Fsp3) is 0.0455. The molecule has 4 rings (SSSR count). The summed E-state index contributed by atoms with van der Waals surface area (Å²) < 4.78 is 5.16. The first-order chi connectivity index (χ1) is 13.7. The number of anilines is 1. The van der Waals surface area contributed by atoms with Gasteiger partial charge in [0.25, 0.3) is 5.91 Å². The van der Waals surface area contributed by atoms with Crippen molar-refractivity contribution in [1.29, 1.82) is 0 Å². The third-order valence-electron chi connectivity index (χ3n) is 4.15. The molecule has 0 radical (unpaired) electrons. The van der Waals surface area contributed by atoms with Crippen LogP contribution in [-0.2, 0) is 0 Å². The molecule has 0 aliphatic heterocycles. The van der Waals surface area contributed by atoms with E-state index in [0.717, 1.165) is 21.8 Å². The van der Waals surface area contributed by atoms with Gasteiger partial charge in [-0.3, -0.25) is 4.79 Å². The van der Waals surface area contributed by atoms with Crippen molar-refractivity contribution < 1.29 is 9.53 Å². The predicted molar refractivity (Wildman–Crippen MR) is 112 cm³/mol. The number of benzene rings is 2. The molecule has 0 fully saturated rings. The summed E-state index contributed by atoms with van der Waals surface area (Å²) in [5.41, 5.74) is 3.97. The Morgan fingerprint density at radius 1 is 1.00 bits per heavy atom. The molecule has 0 spiro atoms. The molecular formula is C22H17N3O2S. The summed E-state index contributed by atoms with van der Waals surface area (Å²) >= 11 is 1.60. The third-order valence-corrected chi connectivity index (χ3v) is 5.04. The first-order valence-corrected chi connectivity index (χ1v) is 9.54. The first kappa shape index (κ1) is 17.9. The van der Waals surface area contributed by atoms with E-state index in [0.29, 0.717) is 17.1 Å². The highest BCUT2D eigenvalue weighted by atomic mass is 32.1.